The van der Waals surface area contributed by atoms with Gasteiger partial charge in [0.25, 0.3) is 5.91 Å². The van der Waals surface area contributed by atoms with Crippen LogP contribution in [0.4, 0.5) is 0 Å². The lowest BCUT2D eigenvalue weighted by molar-refractivity contribution is 0.0374. The molecule has 35 heavy (non-hydrogen) atoms. The zero-order chi connectivity index (χ0) is 24.9. The first-order chi connectivity index (χ1) is 17.0. The number of nitrogen functional groups attached to an aromatic ring is 1. The van der Waals surface area contributed by atoms with Gasteiger partial charge in [-0.3, -0.25) is 10.2 Å². The molecule has 1 amide bonds. The normalized spacial score (nSPS) is 10.5. The van der Waals surface area contributed by atoms with E-state index in [1.807, 2.05) is 66.1 Å². The molecule has 0 saturated heterocycles. The number of methoxy groups -OCH3 is 1. The highest BCUT2D eigenvalue weighted by Crippen LogP contribution is 2.37. The van der Waals surface area contributed by atoms with Gasteiger partial charge in [0.05, 0.1) is 23.3 Å². The van der Waals surface area contributed by atoms with Crippen LogP contribution >= 0.6 is 11.6 Å². The van der Waals surface area contributed by atoms with Crippen LogP contribution in [-0.2, 0) is 4.74 Å². The minimum absolute atomic E-state index is 0.137. The van der Waals surface area contributed by atoms with Gasteiger partial charge < -0.3 is 13.9 Å². The first kappa shape index (κ1) is 23.7. The first-order valence-corrected chi connectivity index (χ1v) is 10.7. The van der Waals surface area contributed by atoms with Crippen molar-refractivity contribution >= 4 is 29.4 Å². The van der Waals surface area contributed by atoms with Gasteiger partial charge in [0.2, 0.25) is 5.76 Å². The zero-order valence-corrected chi connectivity index (χ0v) is 19.2. The molecule has 176 valence electrons. The van der Waals surface area contributed by atoms with Crippen molar-refractivity contribution in [1.29, 1.82) is 0 Å². The predicted octanol–water partition coefficient (Wildman–Crippen LogP) is 4.88. The second-order valence-corrected chi connectivity index (χ2v) is 7.62. The minimum Gasteiger partial charge on any atom is -0.495 e. The molecule has 3 aromatic carbocycles. The van der Waals surface area contributed by atoms with Crippen LogP contribution in [0.25, 0.3) is 22.3 Å². The van der Waals surface area contributed by atoms with E-state index < -0.39 is 17.8 Å². The summed E-state index contributed by atoms with van der Waals surface area (Å²) in [6, 6.07) is 21.0. The highest BCUT2D eigenvalue weighted by atomic mass is 35.5. The van der Waals surface area contributed by atoms with Crippen molar-refractivity contribution in [2.75, 3.05) is 7.11 Å². The molecule has 0 aliphatic rings. The smallest absolute Gasteiger partial charge is 0.382 e. The summed E-state index contributed by atoms with van der Waals surface area (Å²) < 4.78 is 15.8. The fourth-order valence-electron chi connectivity index (χ4n) is 3.59. The van der Waals surface area contributed by atoms with Crippen LogP contribution in [0.1, 0.15) is 31.3 Å². The Morgan fingerprint density at radius 1 is 0.886 bits per heavy atom. The number of hydrogen-bond acceptors (Lipinski definition) is 7. The number of furan rings is 1. The molecule has 9 heteroatoms. The van der Waals surface area contributed by atoms with Crippen LogP contribution in [-0.4, -0.2) is 25.0 Å². The van der Waals surface area contributed by atoms with Crippen molar-refractivity contribution in [2.24, 2.45) is 5.84 Å². The van der Waals surface area contributed by atoms with Gasteiger partial charge in [0, 0.05) is 11.1 Å². The predicted molar refractivity (Wildman–Crippen MR) is 129 cm³/mol. The molecular formula is C26H19ClN2O6. The number of nitrogens with two attached hydrogens (primary N) is 1. The van der Waals surface area contributed by atoms with Crippen molar-refractivity contribution in [3.63, 3.8) is 0 Å². The Labute approximate surface area is 205 Å². The Morgan fingerprint density at radius 3 is 2.11 bits per heavy atom. The first-order valence-electron chi connectivity index (χ1n) is 10.3. The second-order valence-electron chi connectivity index (χ2n) is 7.24. The van der Waals surface area contributed by atoms with Gasteiger partial charge in [-0.15, -0.1) is 0 Å². The number of hydrogen-bond donors (Lipinski definition) is 2. The molecule has 0 aliphatic heterocycles. The molecule has 0 saturated carbocycles. The summed E-state index contributed by atoms with van der Waals surface area (Å²) in [6.07, 6.45) is 1.43. The lowest BCUT2D eigenvalue weighted by Crippen LogP contribution is -2.32. The maximum absolute atomic E-state index is 13.1. The van der Waals surface area contributed by atoms with E-state index >= 15 is 0 Å². The maximum atomic E-state index is 13.1. The number of esters is 2. The molecule has 0 aliphatic carbocycles. The van der Waals surface area contributed by atoms with E-state index in [2.05, 4.69) is 0 Å². The number of halogens is 1. The summed E-state index contributed by atoms with van der Waals surface area (Å²) in [7, 11) is 1.35. The fourth-order valence-corrected chi connectivity index (χ4v) is 3.92. The summed E-state index contributed by atoms with van der Waals surface area (Å²) in [4.78, 5) is 38.3. The van der Waals surface area contributed by atoms with Crippen molar-refractivity contribution in [3.8, 4) is 28.0 Å². The maximum Gasteiger partial charge on any atom is 0.382 e. The van der Waals surface area contributed by atoms with Crippen molar-refractivity contribution in [2.45, 2.75) is 0 Å². The largest absolute Gasteiger partial charge is 0.495 e. The highest BCUT2D eigenvalue weighted by Gasteiger charge is 2.29. The SMILES string of the molecule is COc1ccc(C(=O)OC(=O)c2occ(-c3ccccc3)c2-c2ccccc2)c(C(=O)NN)c1Cl. The van der Waals surface area contributed by atoms with Crippen LogP contribution in [0.3, 0.4) is 0 Å². The standard InChI is InChI=1S/C26H19ClN2O6/c1-33-19-13-12-17(21(22(19)27)24(30)29-28)25(31)35-26(32)23-20(16-10-6-3-7-11-16)18(14-34-23)15-8-4-2-5-9-15/h2-14H,28H2,1H3,(H,29,30). The summed E-state index contributed by atoms with van der Waals surface area (Å²) >= 11 is 6.21. The van der Waals surface area contributed by atoms with Crippen LogP contribution in [0.5, 0.6) is 5.75 Å². The lowest BCUT2D eigenvalue weighted by Gasteiger charge is -2.12. The Hall–Kier alpha value is -4.40. The molecule has 3 N–H and O–H groups in total. The van der Waals surface area contributed by atoms with Crippen LogP contribution in [0, 0.1) is 0 Å². The number of benzene rings is 3. The lowest BCUT2D eigenvalue weighted by atomic mass is 9.97. The van der Waals surface area contributed by atoms with Gasteiger partial charge in [0.1, 0.15) is 12.0 Å². The van der Waals surface area contributed by atoms with Crippen LogP contribution < -0.4 is 16.0 Å². The Bertz CT molecular complexity index is 1400. The fraction of sp³-hybridized carbons (Fsp3) is 0.0385. The van der Waals surface area contributed by atoms with Crippen LogP contribution in [0.2, 0.25) is 5.02 Å². The summed E-state index contributed by atoms with van der Waals surface area (Å²) in [5.41, 5.74) is 3.95. The monoisotopic (exact) mass is 490 g/mol. The molecule has 4 aromatic rings. The van der Waals surface area contributed by atoms with Crippen molar-refractivity contribution in [1.82, 2.24) is 5.43 Å². The average molecular weight is 491 g/mol. The third-order valence-corrected chi connectivity index (χ3v) is 5.59. The van der Waals surface area contributed by atoms with Gasteiger partial charge in [-0.2, -0.15) is 0 Å². The number of carbonyl (C=O) groups excluding carboxylic acids is 3. The number of rotatable bonds is 6. The van der Waals surface area contributed by atoms with Gasteiger partial charge >= 0.3 is 11.9 Å². The Morgan fingerprint density at radius 2 is 1.51 bits per heavy atom. The molecule has 0 unspecified atom stereocenters. The molecule has 1 heterocycles. The third kappa shape index (κ3) is 4.65. The molecule has 0 spiro atoms. The van der Waals surface area contributed by atoms with E-state index in [1.165, 1.54) is 25.5 Å². The molecule has 4 rings (SSSR count). The van der Waals surface area contributed by atoms with Gasteiger partial charge in [-0.05, 0) is 23.3 Å². The topological polar surface area (TPSA) is 121 Å². The van der Waals surface area contributed by atoms with E-state index in [4.69, 9.17) is 31.3 Å². The van der Waals surface area contributed by atoms with E-state index in [-0.39, 0.29) is 27.7 Å². The van der Waals surface area contributed by atoms with E-state index in [9.17, 15) is 14.4 Å². The minimum atomic E-state index is -1.12. The highest BCUT2D eigenvalue weighted by molar-refractivity contribution is 6.36. The van der Waals surface area contributed by atoms with Crippen molar-refractivity contribution in [3.05, 3.63) is 101 Å². The molecule has 0 bridgehead atoms. The van der Waals surface area contributed by atoms with Gasteiger partial charge in [0.15, 0.2) is 0 Å². The zero-order valence-electron chi connectivity index (χ0n) is 18.4. The molecule has 0 radical (unpaired) electrons. The van der Waals surface area contributed by atoms with Gasteiger partial charge in [-0.25, -0.2) is 15.4 Å². The van der Waals surface area contributed by atoms with E-state index in [0.29, 0.717) is 16.7 Å². The number of carbonyl (C=O) groups is 3. The van der Waals surface area contributed by atoms with E-state index in [1.54, 1.807) is 0 Å². The van der Waals surface area contributed by atoms with Crippen molar-refractivity contribution < 1.29 is 28.3 Å². The molecular weight excluding hydrogens is 472 g/mol. The second kappa shape index (κ2) is 10.3. The number of nitrogens with one attached hydrogen (secondary N) is 1. The quantitative estimate of drug-likeness (QED) is 0.130. The number of amides is 1. The van der Waals surface area contributed by atoms with Crippen LogP contribution in [0.15, 0.2) is 83.5 Å². The summed E-state index contributed by atoms with van der Waals surface area (Å²) in [5.74, 6) is 2.18. The summed E-state index contributed by atoms with van der Waals surface area (Å²) in [6.45, 7) is 0. The third-order valence-electron chi connectivity index (χ3n) is 5.21. The number of ether oxygens (including phenoxy) is 2. The molecule has 0 fully saturated rings. The average Bonchev–Trinajstić information content (AvgIpc) is 3.34. The van der Waals surface area contributed by atoms with Gasteiger partial charge in [-0.1, -0.05) is 72.3 Å². The van der Waals surface area contributed by atoms with E-state index in [0.717, 1.165) is 5.56 Å². The molecule has 8 nitrogen and oxygen atoms in total. The summed E-state index contributed by atoms with van der Waals surface area (Å²) in [5, 5.41) is -0.160. The molecule has 1 aromatic heterocycles. The Kier molecular flexibility index (Phi) is 6.96. The number of hydrazine groups is 1. The molecule has 0 atom stereocenters. The Balaban J connectivity index is 1.74.